The Hall–Kier alpha value is -2.46. The van der Waals surface area contributed by atoms with Gasteiger partial charge in [0.25, 0.3) is 0 Å². The molecule has 0 spiro atoms. The Kier molecular flexibility index (Phi) is 7.21. The normalized spacial score (nSPS) is 16.2. The zero-order chi connectivity index (χ0) is 20.8. The lowest BCUT2D eigenvalue weighted by molar-refractivity contribution is -0.141. The van der Waals surface area contributed by atoms with E-state index in [4.69, 9.17) is 27.9 Å². The van der Waals surface area contributed by atoms with Crippen molar-refractivity contribution in [1.29, 1.82) is 5.26 Å². The summed E-state index contributed by atoms with van der Waals surface area (Å²) in [5.41, 5.74) is 1.88. The van der Waals surface area contributed by atoms with Crippen molar-refractivity contribution in [2.75, 3.05) is 5.75 Å². The molecule has 0 aliphatic carbocycles. The van der Waals surface area contributed by atoms with Crippen molar-refractivity contribution < 1.29 is 14.3 Å². The van der Waals surface area contributed by atoms with Gasteiger partial charge in [0.05, 0.1) is 22.4 Å². The molecule has 1 atom stereocenters. The Morgan fingerprint density at radius 1 is 1.24 bits per heavy atom. The summed E-state index contributed by atoms with van der Waals surface area (Å²) in [5, 5.41) is 13.6. The van der Waals surface area contributed by atoms with E-state index in [1.54, 1.807) is 18.2 Å². The Bertz CT molecular complexity index is 1000. The van der Waals surface area contributed by atoms with Crippen LogP contribution < -0.4 is 5.32 Å². The average molecular weight is 447 g/mol. The lowest BCUT2D eigenvalue weighted by Gasteiger charge is -2.25. The van der Waals surface area contributed by atoms with Gasteiger partial charge in [-0.15, -0.1) is 0 Å². The van der Waals surface area contributed by atoms with Crippen molar-refractivity contribution in [3.63, 3.8) is 0 Å². The summed E-state index contributed by atoms with van der Waals surface area (Å²) in [6.07, 6.45) is 0.0900. The molecule has 0 saturated carbocycles. The maximum Gasteiger partial charge on any atom is 0.316 e. The topological polar surface area (TPSA) is 79.2 Å². The zero-order valence-corrected chi connectivity index (χ0v) is 17.5. The highest BCUT2D eigenvalue weighted by Gasteiger charge is 2.31. The molecule has 3 rings (SSSR count). The maximum absolute atomic E-state index is 12.2. The van der Waals surface area contributed by atoms with E-state index in [1.165, 1.54) is 0 Å². The Morgan fingerprint density at radius 3 is 2.69 bits per heavy atom. The van der Waals surface area contributed by atoms with E-state index >= 15 is 0 Å². The number of thioether (sulfide) groups is 1. The van der Waals surface area contributed by atoms with E-state index in [1.807, 2.05) is 30.3 Å². The van der Waals surface area contributed by atoms with E-state index in [0.29, 0.717) is 26.2 Å². The summed E-state index contributed by atoms with van der Waals surface area (Å²) < 4.78 is 5.24. The smallest absolute Gasteiger partial charge is 0.316 e. The van der Waals surface area contributed by atoms with Gasteiger partial charge in [0.2, 0.25) is 5.91 Å². The largest absolute Gasteiger partial charge is 0.460 e. The first kappa shape index (κ1) is 21.3. The molecule has 1 aliphatic heterocycles. The van der Waals surface area contributed by atoms with Crippen LogP contribution in [0.2, 0.25) is 10.0 Å². The fourth-order valence-electron chi connectivity index (χ4n) is 2.89. The molecular formula is C21H16Cl2N2O3S. The van der Waals surface area contributed by atoms with E-state index in [9.17, 15) is 14.9 Å². The molecule has 29 heavy (non-hydrogen) atoms. The number of esters is 1. The number of nitrogens with zero attached hydrogens (tertiary/aromatic N) is 1. The summed E-state index contributed by atoms with van der Waals surface area (Å²) in [6, 6.07) is 16.4. The van der Waals surface area contributed by atoms with Gasteiger partial charge in [-0.25, -0.2) is 0 Å². The first-order valence-corrected chi connectivity index (χ1v) is 10.4. The molecule has 1 aliphatic rings. The average Bonchev–Trinajstić information content (AvgIpc) is 2.71. The van der Waals surface area contributed by atoms with Crippen LogP contribution in [0.4, 0.5) is 0 Å². The predicted octanol–water partition coefficient (Wildman–Crippen LogP) is 4.81. The number of rotatable bonds is 6. The molecule has 0 bridgehead atoms. The van der Waals surface area contributed by atoms with Crippen LogP contribution in [0.15, 0.2) is 59.1 Å². The number of nitrogens with one attached hydrogen (secondary N) is 1. The number of carbonyl (C=O) groups excluding carboxylic acids is 2. The second-order valence-corrected chi connectivity index (χ2v) is 8.09. The number of benzene rings is 2. The Morgan fingerprint density at radius 2 is 2.00 bits per heavy atom. The number of halogens is 2. The van der Waals surface area contributed by atoms with Crippen LogP contribution in [0, 0.1) is 11.3 Å². The minimum absolute atomic E-state index is 0.0330. The van der Waals surface area contributed by atoms with Gasteiger partial charge >= 0.3 is 5.97 Å². The van der Waals surface area contributed by atoms with Crippen LogP contribution in [-0.4, -0.2) is 17.6 Å². The van der Waals surface area contributed by atoms with E-state index in [2.05, 4.69) is 11.4 Å². The van der Waals surface area contributed by atoms with Gasteiger partial charge in [0.15, 0.2) is 0 Å². The van der Waals surface area contributed by atoms with Crippen LogP contribution in [-0.2, 0) is 20.9 Å². The first-order chi connectivity index (χ1) is 14.0. The molecule has 1 N–H and O–H groups in total. The predicted molar refractivity (Wildman–Crippen MR) is 113 cm³/mol. The minimum atomic E-state index is -0.499. The number of carbonyl (C=O) groups is 2. The lowest BCUT2D eigenvalue weighted by atomic mass is 9.87. The number of nitriles is 1. The first-order valence-electron chi connectivity index (χ1n) is 8.69. The number of hydrogen-bond acceptors (Lipinski definition) is 5. The molecular weight excluding hydrogens is 431 g/mol. The molecule has 0 fully saturated rings. The summed E-state index contributed by atoms with van der Waals surface area (Å²) in [4.78, 5) is 24.3. The van der Waals surface area contributed by atoms with Crippen LogP contribution in [0.25, 0.3) is 0 Å². The molecule has 1 amide bonds. The number of hydrogen-bond donors (Lipinski definition) is 1. The molecule has 2 aromatic rings. The van der Waals surface area contributed by atoms with Gasteiger partial charge in [-0.05, 0) is 23.3 Å². The highest BCUT2D eigenvalue weighted by Crippen LogP contribution is 2.39. The van der Waals surface area contributed by atoms with Crippen LogP contribution in [0.5, 0.6) is 0 Å². The second kappa shape index (κ2) is 9.84. The third-order valence-electron chi connectivity index (χ3n) is 4.27. The summed E-state index contributed by atoms with van der Waals surface area (Å²) in [7, 11) is 0. The highest BCUT2D eigenvalue weighted by molar-refractivity contribution is 8.03. The van der Waals surface area contributed by atoms with Crippen molar-refractivity contribution in [3.8, 4) is 6.07 Å². The van der Waals surface area contributed by atoms with Crippen LogP contribution >= 0.6 is 35.0 Å². The van der Waals surface area contributed by atoms with Gasteiger partial charge in [-0.3, -0.25) is 9.59 Å². The number of amides is 1. The van der Waals surface area contributed by atoms with Crippen LogP contribution in [0.1, 0.15) is 23.5 Å². The standard InChI is InChI=1S/C21H16Cl2N2O3S/c22-14-6-7-15(18(23)8-14)16-9-19(26)25-21(17(16)10-24)29-12-20(27)28-11-13-4-2-1-3-5-13/h1-8,16H,9,11-12H2,(H,25,26)/t16-/m0/s1. The fourth-order valence-corrected chi connectivity index (χ4v) is 4.31. The summed E-state index contributed by atoms with van der Waals surface area (Å²) >= 11 is 13.3. The number of ether oxygens (including phenoxy) is 1. The van der Waals surface area contributed by atoms with Crippen molar-refractivity contribution in [3.05, 3.63) is 80.3 Å². The zero-order valence-electron chi connectivity index (χ0n) is 15.2. The molecule has 0 saturated heterocycles. The van der Waals surface area contributed by atoms with Crippen molar-refractivity contribution >= 4 is 46.8 Å². The molecule has 0 unspecified atom stereocenters. The lowest BCUT2D eigenvalue weighted by Crippen LogP contribution is -2.31. The van der Waals surface area contributed by atoms with Gasteiger partial charge < -0.3 is 10.1 Å². The van der Waals surface area contributed by atoms with E-state index < -0.39 is 11.9 Å². The van der Waals surface area contributed by atoms with Gasteiger partial charge in [0, 0.05) is 22.4 Å². The van der Waals surface area contributed by atoms with Crippen molar-refractivity contribution in [1.82, 2.24) is 5.32 Å². The monoisotopic (exact) mass is 446 g/mol. The highest BCUT2D eigenvalue weighted by atomic mass is 35.5. The third kappa shape index (κ3) is 5.54. The van der Waals surface area contributed by atoms with Crippen molar-refractivity contribution in [2.24, 2.45) is 0 Å². The Labute approximate surface area is 182 Å². The van der Waals surface area contributed by atoms with Gasteiger partial charge in [-0.2, -0.15) is 5.26 Å². The SMILES string of the molecule is N#CC1=C(SCC(=O)OCc2ccccc2)NC(=O)C[C@H]1c1ccc(Cl)cc1Cl. The minimum Gasteiger partial charge on any atom is -0.460 e. The summed E-state index contributed by atoms with van der Waals surface area (Å²) in [6.45, 7) is 0.166. The Balaban J connectivity index is 1.72. The molecule has 0 aromatic heterocycles. The molecule has 8 heteroatoms. The fraction of sp³-hybridized carbons (Fsp3) is 0.190. The quantitative estimate of drug-likeness (QED) is 0.643. The molecule has 1 heterocycles. The van der Waals surface area contributed by atoms with Gasteiger partial charge in [0.1, 0.15) is 6.61 Å². The van der Waals surface area contributed by atoms with E-state index in [-0.39, 0.29) is 24.7 Å². The van der Waals surface area contributed by atoms with E-state index in [0.717, 1.165) is 17.3 Å². The third-order valence-corrected chi connectivity index (χ3v) is 5.82. The maximum atomic E-state index is 12.2. The molecule has 0 radical (unpaired) electrons. The van der Waals surface area contributed by atoms with Crippen molar-refractivity contribution in [2.45, 2.75) is 18.9 Å². The second-order valence-electron chi connectivity index (χ2n) is 6.26. The number of allylic oxidation sites excluding steroid dienone is 1. The molecule has 148 valence electrons. The molecule has 5 nitrogen and oxygen atoms in total. The molecule has 2 aromatic carbocycles. The van der Waals surface area contributed by atoms with Gasteiger partial charge in [-0.1, -0.05) is 71.4 Å². The van der Waals surface area contributed by atoms with Crippen LogP contribution in [0.3, 0.4) is 0 Å². The summed E-state index contributed by atoms with van der Waals surface area (Å²) in [5.74, 6) is -1.22.